The molecule has 176 valence electrons. The van der Waals surface area contributed by atoms with E-state index in [0.29, 0.717) is 35.7 Å². The number of aliphatic hydroxyl groups is 1. The predicted molar refractivity (Wildman–Crippen MR) is 137 cm³/mol. The number of amides is 1. The third kappa shape index (κ3) is 7.27. The molecule has 6 nitrogen and oxygen atoms in total. The van der Waals surface area contributed by atoms with Crippen LogP contribution in [0.5, 0.6) is 0 Å². The van der Waals surface area contributed by atoms with E-state index in [4.69, 9.17) is 10.3 Å². The fraction of sp³-hybridized carbons (Fsp3) is 0.320. The average molecular weight is 487 g/mol. The molecule has 0 aliphatic carbocycles. The van der Waals surface area contributed by atoms with Gasteiger partial charge < -0.3 is 20.7 Å². The highest BCUT2D eigenvalue weighted by Gasteiger charge is 2.25. The molecule has 33 heavy (non-hydrogen) atoms. The van der Waals surface area contributed by atoms with Gasteiger partial charge in [-0.1, -0.05) is 31.2 Å². The highest BCUT2D eigenvalue weighted by Crippen LogP contribution is 2.48. The predicted octanol–water partition coefficient (Wildman–Crippen LogP) is 6.23. The smallest absolute Gasteiger partial charge is 0.255 e. The summed E-state index contributed by atoms with van der Waals surface area (Å²) in [6.45, 7) is 5.41. The Kier molecular flexibility index (Phi) is 8.14. The number of nitrogen functional groups attached to an aromatic ring is 1. The van der Waals surface area contributed by atoms with Gasteiger partial charge in [-0.25, -0.2) is 0 Å². The largest absolute Gasteiger partial charge is 0.397 e. The molecule has 1 unspecified atom stereocenters. The number of hydrogen-bond acceptors (Lipinski definition) is 6. The molecule has 2 aromatic carbocycles. The van der Waals surface area contributed by atoms with Crippen LogP contribution in [0.4, 0.5) is 11.4 Å². The Labute approximate surface area is 199 Å². The van der Waals surface area contributed by atoms with Gasteiger partial charge in [-0.3, -0.25) is 9.36 Å². The molecule has 0 saturated carbocycles. The number of nitrogens with two attached hydrogens (primary N) is 1. The molecule has 0 spiro atoms. The van der Waals surface area contributed by atoms with Crippen molar-refractivity contribution in [2.24, 2.45) is 0 Å². The second-order valence-corrected chi connectivity index (χ2v) is 12.5. The summed E-state index contributed by atoms with van der Waals surface area (Å²) in [5.74, 6) is -0.262. The first-order chi connectivity index (χ1) is 15.6. The number of carbonyl (C=O) groups is 1. The van der Waals surface area contributed by atoms with Gasteiger partial charge in [-0.15, -0.1) is 11.3 Å². The molecule has 1 amide bonds. The van der Waals surface area contributed by atoms with Crippen molar-refractivity contribution >= 4 is 36.0 Å². The second-order valence-electron chi connectivity index (χ2n) is 8.62. The number of thiophene rings is 1. The topological polar surface area (TPSA) is 102 Å². The lowest BCUT2D eigenvalue weighted by molar-refractivity contribution is 0.0761. The number of nitrogens with one attached hydrogen (secondary N) is 1. The van der Waals surface area contributed by atoms with E-state index in [1.807, 2.05) is 36.6 Å². The van der Waals surface area contributed by atoms with Crippen LogP contribution in [0.1, 0.15) is 43.1 Å². The SMILES string of the molecule is CCP(=O)(CCC(C)(C)O)OCc1ccc(C(=O)Nc2cc(-c3cccs3)ccc2N)cc1. The summed E-state index contributed by atoms with van der Waals surface area (Å²) in [6, 6.07) is 16.6. The summed E-state index contributed by atoms with van der Waals surface area (Å²) in [6.07, 6.45) is 1.16. The number of carbonyl (C=O) groups excluding carboxylic acids is 1. The van der Waals surface area contributed by atoms with Crippen LogP contribution in [-0.4, -0.2) is 28.9 Å². The minimum absolute atomic E-state index is 0.189. The zero-order chi connectivity index (χ0) is 24.1. The molecular formula is C25H31N2O4PS. The van der Waals surface area contributed by atoms with E-state index in [1.165, 1.54) is 0 Å². The standard InChI is InChI=1S/C25H31N2O4PS/c1-4-32(30,14-13-25(2,3)29)31-17-18-7-9-19(10-8-18)24(28)27-22-16-20(11-12-21(22)26)23-6-5-15-33-23/h5-12,15-16,29H,4,13-14,17,26H2,1-3H3,(H,27,28). The number of hydrogen-bond donors (Lipinski definition) is 3. The van der Waals surface area contributed by atoms with E-state index in [1.54, 1.807) is 55.5 Å². The molecule has 4 N–H and O–H groups in total. The highest BCUT2D eigenvalue weighted by molar-refractivity contribution is 7.58. The van der Waals surface area contributed by atoms with Gasteiger partial charge in [0.25, 0.3) is 5.91 Å². The quantitative estimate of drug-likeness (QED) is 0.233. The normalized spacial score (nSPS) is 13.5. The van der Waals surface area contributed by atoms with Crippen molar-refractivity contribution in [2.45, 2.75) is 39.4 Å². The summed E-state index contributed by atoms with van der Waals surface area (Å²) in [4.78, 5) is 13.9. The van der Waals surface area contributed by atoms with Crippen LogP contribution in [0.15, 0.2) is 60.0 Å². The van der Waals surface area contributed by atoms with E-state index < -0.39 is 13.0 Å². The molecule has 3 aromatic rings. The Morgan fingerprint density at radius 2 is 1.91 bits per heavy atom. The van der Waals surface area contributed by atoms with Crippen molar-refractivity contribution in [1.82, 2.24) is 0 Å². The Bertz CT molecular complexity index is 1120. The van der Waals surface area contributed by atoms with Gasteiger partial charge in [0, 0.05) is 22.8 Å². The van der Waals surface area contributed by atoms with Crippen LogP contribution in [0.25, 0.3) is 10.4 Å². The maximum absolute atomic E-state index is 12.9. The maximum atomic E-state index is 12.9. The summed E-state index contributed by atoms with van der Waals surface area (Å²) in [7, 11) is -2.82. The summed E-state index contributed by atoms with van der Waals surface area (Å²) in [5, 5.41) is 14.8. The lowest BCUT2D eigenvalue weighted by Crippen LogP contribution is -2.20. The van der Waals surface area contributed by atoms with Gasteiger partial charge >= 0.3 is 0 Å². The molecule has 0 saturated heterocycles. The highest BCUT2D eigenvalue weighted by atomic mass is 32.1. The fourth-order valence-corrected chi connectivity index (χ4v) is 5.78. The first-order valence-electron chi connectivity index (χ1n) is 10.9. The molecule has 0 radical (unpaired) electrons. The molecule has 1 atom stereocenters. The van der Waals surface area contributed by atoms with E-state index >= 15 is 0 Å². The lowest BCUT2D eigenvalue weighted by Gasteiger charge is -2.22. The van der Waals surface area contributed by atoms with Crippen LogP contribution in [0, 0.1) is 0 Å². The Balaban J connectivity index is 1.62. The molecular weight excluding hydrogens is 455 g/mol. The molecule has 0 aliphatic heterocycles. The van der Waals surface area contributed by atoms with E-state index in [9.17, 15) is 14.5 Å². The summed E-state index contributed by atoms with van der Waals surface area (Å²) in [5.41, 5.74) is 8.55. The molecule has 1 heterocycles. The summed E-state index contributed by atoms with van der Waals surface area (Å²) >= 11 is 1.62. The van der Waals surface area contributed by atoms with Gasteiger partial charge in [-0.05, 0) is 67.1 Å². The zero-order valence-corrected chi connectivity index (χ0v) is 20.9. The van der Waals surface area contributed by atoms with Gasteiger partial charge in [-0.2, -0.15) is 0 Å². The third-order valence-electron chi connectivity index (χ3n) is 5.34. The lowest BCUT2D eigenvalue weighted by atomic mass is 10.1. The van der Waals surface area contributed by atoms with Gasteiger partial charge in [0.2, 0.25) is 7.37 Å². The first kappa shape index (κ1) is 25.2. The minimum Gasteiger partial charge on any atom is -0.397 e. The summed E-state index contributed by atoms with van der Waals surface area (Å²) < 4.78 is 18.7. The molecule has 1 aromatic heterocycles. The molecule has 0 bridgehead atoms. The van der Waals surface area contributed by atoms with E-state index in [2.05, 4.69) is 5.32 Å². The second kappa shape index (κ2) is 10.7. The van der Waals surface area contributed by atoms with Gasteiger partial charge in [0.05, 0.1) is 23.6 Å². The molecule has 0 aliphatic rings. The van der Waals surface area contributed by atoms with Crippen LogP contribution in [0.3, 0.4) is 0 Å². The van der Waals surface area contributed by atoms with Gasteiger partial charge in [0.15, 0.2) is 0 Å². The van der Waals surface area contributed by atoms with Crippen molar-refractivity contribution in [1.29, 1.82) is 0 Å². The van der Waals surface area contributed by atoms with Crippen molar-refractivity contribution in [3.05, 3.63) is 71.1 Å². The average Bonchev–Trinajstić information content (AvgIpc) is 3.33. The number of rotatable bonds is 10. The van der Waals surface area contributed by atoms with E-state index in [-0.39, 0.29) is 12.5 Å². The first-order valence-corrected chi connectivity index (χ1v) is 13.7. The van der Waals surface area contributed by atoms with Gasteiger partial charge in [0.1, 0.15) is 0 Å². The maximum Gasteiger partial charge on any atom is 0.255 e. The Hall–Kier alpha value is -2.44. The third-order valence-corrected chi connectivity index (χ3v) is 8.72. The van der Waals surface area contributed by atoms with Crippen LogP contribution in [-0.2, 0) is 15.7 Å². The minimum atomic E-state index is -2.82. The Morgan fingerprint density at radius 3 is 2.52 bits per heavy atom. The van der Waals surface area contributed by atoms with Crippen molar-refractivity contribution < 1.29 is 19.0 Å². The molecule has 3 rings (SSSR count). The Morgan fingerprint density at radius 1 is 1.18 bits per heavy atom. The van der Waals surface area contributed by atoms with Crippen LogP contribution < -0.4 is 11.1 Å². The van der Waals surface area contributed by atoms with Crippen LogP contribution >= 0.6 is 18.7 Å². The van der Waals surface area contributed by atoms with Crippen molar-refractivity contribution in [3.8, 4) is 10.4 Å². The van der Waals surface area contributed by atoms with Crippen molar-refractivity contribution in [3.63, 3.8) is 0 Å². The zero-order valence-electron chi connectivity index (χ0n) is 19.2. The molecule has 8 heteroatoms. The van der Waals surface area contributed by atoms with E-state index in [0.717, 1.165) is 16.0 Å². The monoisotopic (exact) mass is 486 g/mol. The molecule has 0 fully saturated rings. The number of anilines is 2. The fourth-order valence-electron chi connectivity index (χ4n) is 3.16. The van der Waals surface area contributed by atoms with Crippen LogP contribution in [0.2, 0.25) is 0 Å². The van der Waals surface area contributed by atoms with Crippen molar-refractivity contribution in [2.75, 3.05) is 23.4 Å². The number of benzene rings is 2.